The Hall–Kier alpha value is -0.470. The van der Waals surface area contributed by atoms with Crippen LogP contribution in [0.2, 0.25) is 0 Å². The van der Waals surface area contributed by atoms with E-state index in [1.807, 2.05) is 35.3 Å². The molecular formula is C11H14S2. The van der Waals surface area contributed by atoms with Gasteiger partial charge in [0.05, 0.1) is 0 Å². The molecule has 0 aliphatic rings. The third-order valence-corrected chi connectivity index (χ3v) is 3.65. The standard InChI is InChI=1S/C11H14S2/c1-3-4-5-8-12-9-11-7-6-10(2)13-11/h3-7H,1,8-9H2,2H3/b5-4-. The van der Waals surface area contributed by atoms with Crippen molar-refractivity contribution in [1.29, 1.82) is 0 Å². The summed E-state index contributed by atoms with van der Waals surface area (Å²) in [4.78, 5) is 2.87. The molecule has 0 N–H and O–H groups in total. The Balaban J connectivity index is 2.20. The van der Waals surface area contributed by atoms with Crippen molar-refractivity contribution >= 4 is 23.1 Å². The summed E-state index contributed by atoms with van der Waals surface area (Å²) in [7, 11) is 0. The number of hydrogen-bond donors (Lipinski definition) is 0. The van der Waals surface area contributed by atoms with Crippen LogP contribution in [-0.4, -0.2) is 5.75 Å². The predicted octanol–water partition coefficient (Wildman–Crippen LogP) is 4.03. The Labute approximate surface area is 88.4 Å². The molecule has 0 unspecified atom stereocenters. The van der Waals surface area contributed by atoms with Crippen LogP contribution >= 0.6 is 23.1 Å². The molecule has 0 saturated heterocycles. The lowest BCUT2D eigenvalue weighted by Gasteiger charge is -1.93. The summed E-state index contributed by atoms with van der Waals surface area (Å²) in [5.74, 6) is 2.20. The zero-order valence-electron chi connectivity index (χ0n) is 7.82. The van der Waals surface area contributed by atoms with Crippen LogP contribution < -0.4 is 0 Å². The quantitative estimate of drug-likeness (QED) is 0.522. The molecule has 13 heavy (non-hydrogen) atoms. The SMILES string of the molecule is C=C/C=C\CSCc1ccc(C)s1. The summed E-state index contributed by atoms with van der Waals surface area (Å²) < 4.78 is 0. The lowest BCUT2D eigenvalue weighted by Crippen LogP contribution is -1.74. The molecule has 0 atom stereocenters. The van der Waals surface area contributed by atoms with Gasteiger partial charge in [0.15, 0.2) is 0 Å². The Morgan fingerprint density at radius 1 is 1.54 bits per heavy atom. The monoisotopic (exact) mass is 210 g/mol. The molecule has 0 spiro atoms. The minimum Gasteiger partial charge on any atom is -0.152 e. The van der Waals surface area contributed by atoms with Crippen LogP contribution in [0.3, 0.4) is 0 Å². The van der Waals surface area contributed by atoms with E-state index in [2.05, 4.69) is 31.7 Å². The molecule has 0 aliphatic heterocycles. The minimum atomic E-state index is 1.07. The van der Waals surface area contributed by atoms with E-state index in [1.165, 1.54) is 9.75 Å². The zero-order valence-corrected chi connectivity index (χ0v) is 9.46. The number of thioether (sulfide) groups is 1. The third kappa shape index (κ3) is 4.34. The Bertz CT molecular complexity index is 284. The van der Waals surface area contributed by atoms with E-state index in [9.17, 15) is 0 Å². The first-order chi connectivity index (χ1) is 6.33. The van der Waals surface area contributed by atoms with E-state index in [4.69, 9.17) is 0 Å². The highest BCUT2D eigenvalue weighted by atomic mass is 32.2. The first-order valence-electron chi connectivity index (χ1n) is 4.23. The van der Waals surface area contributed by atoms with Gasteiger partial charge in [0, 0.05) is 21.3 Å². The van der Waals surface area contributed by atoms with Gasteiger partial charge in [-0.05, 0) is 19.1 Å². The molecule has 0 bridgehead atoms. The summed E-state index contributed by atoms with van der Waals surface area (Å²) >= 11 is 3.82. The number of allylic oxidation sites excluding steroid dienone is 2. The van der Waals surface area contributed by atoms with Gasteiger partial charge in [-0.2, -0.15) is 11.8 Å². The van der Waals surface area contributed by atoms with Crippen LogP contribution in [0.5, 0.6) is 0 Å². The van der Waals surface area contributed by atoms with Crippen LogP contribution in [0, 0.1) is 6.92 Å². The second-order valence-corrected chi connectivity index (χ2v) is 5.09. The molecule has 0 nitrogen and oxygen atoms in total. The first kappa shape index (κ1) is 10.6. The summed E-state index contributed by atoms with van der Waals surface area (Å²) in [6.45, 7) is 5.78. The third-order valence-electron chi connectivity index (χ3n) is 1.53. The fourth-order valence-electron chi connectivity index (χ4n) is 0.942. The van der Waals surface area contributed by atoms with Gasteiger partial charge in [-0.15, -0.1) is 11.3 Å². The van der Waals surface area contributed by atoms with Crippen LogP contribution in [0.25, 0.3) is 0 Å². The maximum absolute atomic E-state index is 3.63. The highest BCUT2D eigenvalue weighted by Gasteiger charge is 1.94. The van der Waals surface area contributed by atoms with Gasteiger partial charge < -0.3 is 0 Å². The van der Waals surface area contributed by atoms with E-state index in [0.29, 0.717) is 0 Å². The van der Waals surface area contributed by atoms with Crippen molar-refractivity contribution in [2.45, 2.75) is 12.7 Å². The maximum Gasteiger partial charge on any atom is 0.0282 e. The van der Waals surface area contributed by atoms with Gasteiger partial charge in [-0.3, -0.25) is 0 Å². The fourth-order valence-corrected chi connectivity index (χ4v) is 2.78. The molecule has 0 aliphatic carbocycles. The average molecular weight is 210 g/mol. The topological polar surface area (TPSA) is 0 Å². The van der Waals surface area contributed by atoms with Gasteiger partial charge in [-0.25, -0.2) is 0 Å². The van der Waals surface area contributed by atoms with Crippen molar-refractivity contribution in [3.8, 4) is 0 Å². The van der Waals surface area contributed by atoms with Gasteiger partial charge in [0.25, 0.3) is 0 Å². The molecule has 1 aromatic rings. The lowest BCUT2D eigenvalue weighted by molar-refractivity contribution is 1.53. The number of hydrogen-bond acceptors (Lipinski definition) is 2. The second-order valence-electron chi connectivity index (χ2n) is 2.69. The molecule has 70 valence electrons. The van der Waals surface area contributed by atoms with Gasteiger partial charge in [-0.1, -0.05) is 24.8 Å². The molecule has 0 radical (unpaired) electrons. The molecule has 1 heterocycles. The Morgan fingerprint density at radius 2 is 2.38 bits per heavy atom. The number of aryl methyl sites for hydroxylation is 1. The molecule has 0 amide bonds. The molecular weight excluding hydrogens is 196 g/mol. The summed E-state index contributed by atoms with van der Waals surface area (Å²) in [5, 5.41) is 0. The second kappa shape index (κ2) is 6.06. The van der Waals surface area contributed by atoms with Crippen LogP contribution in [0.15, 0.2) is 36.9 Å². The summed E-state index contributed by atoms with van der Waals surface area (Å²) in [6.07, 6.45) is 5.95. The molecule has 1 aromatic heterocycles. The molecule has 0 fully saturated rings. The first-order valence-corrected chi connectivity index (χ1v) is 6.20. The molecule has 0 saturated carbocycles. The van der Waals surface area contributed by atoms with Crippen LogP contribution in [-0.2, 0) is 5.75 Å². The fraction of sp³-hybridized carbons (Fsp3) is 0.273. The lowest BCUT2D eigenvalue weighted by atomic mass is 10.5. The van der Waals surface area contributed by atoms with Crippen LogP contribution in [0.1, 0.15) is 9.75 Å². The van der Waals surface area contributed by atoms with E-state index in [0.717, 1.165) is 11.5 Å². The van der Waals surface area contributed by atoms with E-state index < -0.39 is 0 Å². The molecule has 1 rings (SSSR count). The van der Waals surface area contributed by atoms with Crippen LogP contribution in [0.4, 0.5) is 0 Å². The van der Waals surface area contributed by atoms with Crippen molar-refractivity contribution in [3.05, 3.63) is 46.7 Å². The highest BCUT2D eigenvalue weighted by molar-refractivity contribution is 7.98. The highest BCUT2D eigenvalue weighted by Crippen LogP contribution is 2.20. The Kier molecular flexibility index (Phi) is 4.94. The van der Waals surface area contributed by atoms with Crippen molar-refractivity contribution in [2.75, 3.05) is 5.75 Å². The van der Waals surface area contributed by atoms with Crippen molar-refractivity contribution in [3.63, 3.8) is 0 Å². The van der Waals surface area contributed by atoms with Crippen molar-refractivity contribution in [1.82, 2.24) is 0 Å². The summed E-state index contributed by atoms with van der Waals surface area (Å²) in [6, 6.07) is 4.39. The van der Waals surface area contributed by atoms with E-state index in [-0.39, 0.29) is 0 Å². The van der Waals surface area contributed by atoms with Gasteiger partial charge in [0.1, 0.15) is 0 Å². The van der Waals surface area contributed by atoms with Gasteiger partial charge in [0.2, 0.25) is 0 Å². The minimum absolute atomic E-state index is 1.07. The van der Waals surface area contributed by atoms with Gasteiger partial charge >= 0.3 is 0 Å². The van der Waals surface area contributed by atoms with E-state index >= 15 is 0 Å². The molecule has 0 aromatic carbocycles. The zero-order chi connectivity index (χ0) is 9.52. The predicted molar refractivity (Wildman–Crippen MR) is 64.6 cm³/mol. The number of rotatable bonds is 5. The Morgan fingerprint density at radius 3 is 3.00 bits per heavy atom. The largest absolute Gasteiger partial charge is 0.152 e. The van der Waals surface area contributed by atoms with Crippen molar-refractivity contribution in [2.24, 2.45) is 0 Å². The maximum atomic E-state index is 3.63. The van der Waals surface area contributed by atoms with E-state index in [1.54, 1.807) is 0 Å². The smallest absolute Gasteiger partial charge is 0.0282 e. The molecule has 2 heteroatoms. The summed E-state index contributed by atoms with van der Waals surface area (Å²) in [5.41, 5.74) is 0. The normalized spacial score (nSPS) is 10.8. The number of thiophene rings is 1. The van der Waals surface area contributed by atoms with Crippen molar-refractivity contribution < 1.29 is 0 Å². The average Bonchev–Trinajstić information content (AvgIpc) is 2.51.